The van der Waals surface area contributed by atoms with Gasteiger partial charge in [0.25, 0.3) is 10.0 Å². The van der Waals surface area contributed by atoms with Gasteiger partial charge in [-0.1, -0.05) is 41.6 Å². The number of sulfonamides is 1. The summed E-state index contributed by atoms with van der Waals surface area (Å²) in [7, 11) is -3.81. The number of benzene rings is 3. The molecule has 0 saturated carbocycles. The summed E-state index contributed by atoms with van der Waals surface area (Å²) in [5.74, 6) is 0. The highest BCUT2D eigenvalue weighted by Crippen LogP contribution is 2.35. The number of nitrogens with one attached hydrogen (secondary N) is 1. The normalized spacial score (nSPS) is 11.6. The highest BCUT2D eigenvalue weighted by molar-refractivity contribution is 7.99. The molecule has 0 aliphatic rings. The van der Waals surface area contributed by atoms with E-state index in [-0.39, 0.29) is 4.90 Å². The van der Waals surface area contributed by atoms with E-state index in [1.54, 1.807) is 36.4 Å². The standard InChI is InChI=1S/C18H12ClN3O2S3/c19-12-8-10-13(11-9-12)25-16-6-2-1-4-14(16)22-27(23,24)17-7-3-5-15-18(17)21-26-20-15/h1-11,22H. The lowest BCUT2D eigenvalue weighted by atomic mass is 10.3. The monoisotopic (exact) mass is 433 g/mol. The smallest absolute Gasteiger partial charge is 0.264 e. The van der Waals surface area contributed by atoms with Gasteiger partial charge in [-0.2, -0.15) is 8.75 Å². The topological polar surface area (TPSA) is 72.0 Å². The van der Waals surface area contributed by atoms with Crippen molar-refractivity contribution < 1.29 is 8.42 Å². The van der Waals surface area contributed by atoms with Gasteiger partial charge in [-0.3, -0.25) is 4.72 Å². The van der Waals surface area contributed by atoms with Gasteiger partial charge in [0.15, 0.2) is 0 Å². The van der Waals surface area contributed by atoms with Gasteiger partial charge < -0.3 is 0 Å². The van der Waals surface area contributed by atoms with E-state index in [0.29, 0.717) is 21.7 Å². The maximum atomic E-state index is 13.0. The van der Waals surface area contributed by atoms with Gasteiger partial charge in [-0.05, 0) is 48.5 Å². The summed E-state index contributed by atoms with van der Waals surface area (Å²) in [4.78, 5) is 1.85. The molecule has 3 aromatic carbocycles. The predicted octanol–water partition coefficient (Wildman–Crippen LogP) is 5.30. The number of anilines is 1. The Bertz CT molecular complexity index is 1210. The number of nitrogens with zero attached hydrogens (tertiary/aromatic N) is 2. The number of para-hydroxylation sites is 1. The van der Waals surface area contributed by atoms with E-state index in [1.165, 1.54) is 17.8 Å². The second-order valence-electron chi connectivity index (χ2n) is 5.55. The molecule has 1 N–H and O–H groups in total. The molecule has 4 rings (SSSR count). The van der Waals surface area contributed by atoms with Gasteiger partial charge >= 0.3 is 0 Å². The van der Waals surface area contributed by atoms with E-state index >= 15 is 0 Å². The fourth-order valence-electron chi connectivity index (χ4n) is 2.47. The minimum absolute atomic E-state index is 0.111. The molecule has 27 heavy (non-hydrogen) atoms. The molecular formula is C18H12ClN3O2S3. The van der Waals surface area contributed by atoms with Crippen molar-refractivity contribution >= 4 is 61.8 Å². The molecular weight excluding hydrogens is 422 g/mol. The van der Waals surface area contributed by atoms with E-state index in [1.807, 2.05) is 24.3 Å². The van der Waals surface area contributed by atoms with Crippen LogP contribution in [0.15, 0.2) is 81.4 Å². The van der Waals surface area contributed by atoms with Gasteiger partial charge in [0, 0.05) is 14.8 Å². The summed E-state index contributed by atoms with van der Waals surface area (Å²) in [6, 6.07) is 19.5. The molecule has 0 aliphatic heterocycles. The number of rotatable bonds is 5. The minimum Gasteiger partial charge on any atom is -0.278 e. The number of halogens is 1. The van der Waals surface area contributed by atoms with E-state index in [2.05, 4.69) is 13.5 Å². The maximum Gasteiger partial charge on any atom is 0.264 e. The largest absolute Gasteiger partial charge is 0.278 e. The van der Waals surface area contributed by atoms with Gasteiger partial charge in [-0.25, -0.2) is 8.42 Å². The van der Waals surface area contributed by atoms with Crippen LogP contribution in [0.2, 0.25) is 5.02 Å². The summed E-state index contributed by atoms with van der Waals surface area (Å²) < 4.78 is 36.8. The molecule has 136 valence electrons. The van der Waals surface area contributed by atoms with Crippen molar-refractivity contribution in [3.05, 3.63) is 71.8 Å². The first-order valence-corrected chi connectivity index (χ1v) is 11.2. The van der Waals surface area contributed by atoms with Crippen LogP contribution < -0.4 is 4.72 Å². The molecule has 0 bridgehead atoms. The third-order valence-electron chi connectivity index (χ3n) is 3.71. The maximum absolute atomic E-state index is 13.0. The van der Waals surface area contributed by atoms with Crippen molar-refractivity contribution in [1.29, 1.82) is 0 Å². The Balaban J connectivity index is 1.68. The van der Waals surface area contributed by atoms with Crippen LogP contribution >= 0.6 is 35.1 Å². The minimum atomic E-state index is -3.81. The van der Waals surface area contributed by atoms with Crippen molar-refractivity contribution in [1.82, 2.24) is 8.75 Å². The van der Waals surface area contributed by atoms with E-state index in [0.717, 1.165) is 21.5 Å². The number of fused-ring (bicyclic) bond motifs is 1. The Morgan fingerprint density at radius 1 is 0.926 bits per heavy atom. The molecule has 0 saturated heterocycles. The average Bonchev–Trinajstić information content (AvgIpc) is 3.13. The van der Waals surface area contributed by atoms with Crippen LogP contribution in [-0.4, -0.2) is 17.2 Å². The quantitative estimate of drug-likeness (QED) is 0.462. The molecule has 0 unspecified atom stereocenters. The number of hydrogen-bond acceptors (Lipinski definition) is 6. The molecule has 9 heteroatoms. The van der Waals surface area contributed by atoms with Crippen LogP contribution in [0.5, 0.6) is 0 Å². The van der Waals surface area contributed by atoms with Crippen LogP contribution in [-0.2, 0) is 10.0 Å². The lowest BCUT2D eigenvalue weighted by molar-refractivity contribution is 0.602. The molecule has 0 aliphatic carbocycles. The Morgan fingerprint density at radius 2 is 1.70 bits per heavy atom. The van der Waals surface area contributed by atoms with Crippen LogP contribution in [0.3, 0.4) is 0 Å². The Morgan fingerprint density at radius 3 is 2.52 bits per heavy atom. The molecule has 1 aromatic heterocycles. The second kappa shape index (κ2) is 7.47. The average molecular weight is 434 g/mol. The molecule has 5 nitrogen and oxygen atoms in total. The Hall–Kier alpha value is -2.13. The van der Waals surface area contributed by atoms with E-state index in [9.17, 15) is 8.42 Å². The first-order chi connectivity index (χ1) is 13.0. The zero-order valence-corrected chi connectivity index (χ0v) is 16.9. The summed E-state index contributed by atoms with van der Waals surface area (Å²) in [5.41, 5.74) is 1.43. The van der Waals surface area contributed by atoms with Crippen LogP contribution in [0.4, 0.5) is 5.69 Å². The number of hydrogen-bond donors (Lipinski definition) is 1. The van der Waals surface area contributed by atoms with E-state index < -0.39 is 10.0 Å². The van der Waals surface area contributed by atoms with Crippen LogP contribution in [0, 0.1) is 0 Å². The Labute approximate surface area is 169 Å². The molecule has 0 amide bonds. The first kappa shape index (κ1) is 18.2. The van der Waals surface area contributed by atoms with Crippen molar-refractivity contribution in [2.45, 2.75) is 14.7 Å². The number of aromatic nitrogens is 2. The molecule has 4 aromatic rings. The molecule has 0 radical (unpaired) electrons. The molecule has 0 fully saturated rings. The molecule has 1 heterocycles. The second-order valence-corrected chi connectivity index (χ2v) is 9.28. The van der Waals surface area contributed by atoms with Gasteiger partial charge in [-0.15, -0.1) is 0 Å². The zero-order chi connectivity index (χ0) is 18.9. The zero-order valence-electron chi connectivity index (χ0n) is 13.7. The lowest BCUT2D eigenvalue weighted by Gasteiger charge is -2.12. The van der Waals surface area contributed by atoms with Gasteiger partial charge in [0.1, 0.15) is 15.9 Å². The van der Waals surface area contributed by atoms with E-state index in [4.69, 9.17) is 11.6 Å². The summed E-state index contributed by atoms with van der Waals surface area (Å²) >= 11 is 8.37. The van der Waals surface area contributed by atoms with Crippen molar-refractivity contribution in [3.8, 4) is 0 Å². The predicted molar refractivity (Wildman–Crippen MR) is 110 cm³/mol. The van der Waals surface area contributed by atoms with Crippen molar-refractivity contribution in [2.75, 3.05) is 4.72 Å². The summed E-state index contributed by atoms with van der Waals surface area (Å²) in [6.07, 6.45) is 0. The van der Waals surface area contributed by atoms with Gasteiger partial charge in [0.05, 0.1) is 17.4 Å². The summed E-state index contributed by atoms with van der Waals surface area (Å²) in [5, 5.41) is 0.651. The summed E-state index contributed by atoms with van der Waals surface area (Å²) in [6.45, 7) is 0. The molecule has 0 spiro atoms. The SMILES string of the molecule is O=S(=O)(Nc1ccccc1Sc1ccc(Cl)cc1)c1cccc2nsnc12. The fraction of sp³-hybridized carbons (Fsp3) is 0. The first-order valence-electron chi connectivity index (χ1n) is 7.79. The fourth-order valence-corrected chi connectivity index (χ4v) is 5.41. The lowest BCUT2D eigenvalue weighted by Crippen LogP contribution is -2.14. The van der Waals surface area contributed by atoms with Crippen molar-refractivity contribution in [3.63, 3.8) is 0 Å². The van der Waals surface area contributed by atoms with Crippen molar-refractivity contribution in [2.24, 2.45) is 0 Å². The third kappa shape index (κ3) is 3.93. The highest BCUT2D eigenvalue weighted by Gasteiger charge is 2.21. The van der Waals surface area contributed by atoms with Crippen LogP contribution in [0.25, 0.3) is 11.0 Å². The highest BCUT2D eigenvalue weighted by atomic mass is 35.5. The van der Waals surface area contributed by atoms with Gasteiger partial charge in [0.2, 0.25) is 0 Å². The molecule has 0 atom stereocenters. The third-order valence-corrected chi connectivity index (χ3v) is 6.99. The Kier molecular flexibility index (Phi) is 5.05. The van der Waals surface area contributed by atoms with Crippen LogP contribution in [0.1, 0.15) is 0 Å².